The molecule has 0 atom stereocenters. The molecule has 0 spiro atoms. The van der Waals surface area contributed by atoms with Gasteiger partial charge in [0.2, 0.25) is 0 Å². The van der Waals surface area contributed by atoms with Gasteiger partial charge in [0.05, 0.1) is 16.5 Å². The fourth-order valence-corrected chi connectivity index (χ4v) is 3.69. The molecule has 0 saturated heterocycles. The number of rotatable bonds is 4. The Bertz CT molecular complexity index is 579. The zero-order chi connectivity index (χ0) is 13.2. The van der Waals surface area contributed by atoms with Crippen LogP contribution in [0.2, 0.25) is 0 Å². The summed E-state index contributed by atoms with van der Waals surface area (Å²) in [7, 11) is 0. The van der Waals surface area contributed by atoms with Crippen LogP contribution in [-0.2, 0) is 6.42 Å². The van der Waals surface area contributed by atoms with Crippen molar-refractivity contribution in [3.05, 3.63) is 28.8 Å². The van der Waals surface area contributed by atoms with Crippen molar-refractivity contribution in [3.8, 4) is 10.6 Å². The fourth-order valence-electron chi connectivity index (χ4n) is 2.73. The maximum absolute atomic E-state index is 11.3. The molecule has 19 heavy (non-hydrogen) atoms. The highest BCUT2D eigenvalue weighted by molar-refractivity contribution is 7.15. The Morgan fingerprint density at radius 1 is 1.42 bits per heavy atom. The predicted octanol–water partition coefficient (Wildman–Crippen LogP) is 4.10. The molecule has 2 heterocycles. The van der Waals surface area contributed by atoms with E-state index in [0.717, 1.165) is 28.8 Å². The maximum atomic E-state index is 11.3. The number of thiophene rings is 1. The molecule has 3 nitrogen and oxygen atoms in total. The highest BCUT2D eigenvalue weighted by atomic mass is 32.1. The van der Waals surface area contributed by atoms with Crippen molar-refractivity contribution >= 4 is 17.6 Å². The van der Waals surface area contributed by atoms with Gasteiger partial charge in [-0.05, 0) is 31.4 Å². The number of nitrogens with zero attached hydrogens (tertiary/aromatic N) is 2. The van der Waals surface area contributed by atoms with Crippen LogP contribution < -0.4 is 0 Å². The van der Waals surface area contributed by atoms with Gasteiger partial charge in [-0.1, -0.05) is 19.8 Å². The van der Waals surface area contributed by atoms with Gasteiger partial charge >= 0.3 is 0 Å². The number of aryl methyl sites for hydroxylation is 1. The fraction of sp³-hybridized carbons (Fsp3) is 0.467. The molecule has 0 unspecified atom stereocenters. The summed E-state index contributed by atoms with van der Waals surface area (Å²) in [5, 5.41) is 4.68. The third-order valence-electron chi connectivity index (χ3n) is 3.83. The third-order valence-corrected chi connectivity index (χ3v) is 5.07. The van der Waals surface area contributed by atoms with Crippen molar-refractivity contribution in [2.24, 2.45) is 0 Å². The van der Waals surface area contributed by atoms with Crippen molar-refractivity contribution in [1.82, 2.24) is 9.78 Å². The van der Waals surface area contributed by atoms with Crippen LogP contribution in [0.5, 0.6) is 0 Å². The monoisotopic (exact) mass is 274 g/mol. The van der Waals surface area contributed by atoms with Crippen LogP contribution in [0.1, 0.15) is 53.9 Å². The maximum Gasteiger partial charge on any atom is 0.153 e. The Kier molecular flexibility index (Phi) is 3.51. The molecule has 0 N–H and O–H groups in total. The van der Waals surface area contributed by atoms with Crippen LogP contribution in [-0.4, -0.2) is 16.1 Å². The molecule has 0 radical (unpaired) electrons. The number of hydrogen-bond acceptors (Lipinski definition) is 3. The van der Waals surface area contributed by atoms with Crippen molar-refractivity contribution in [1.29, 1.82) is 0 Å². The molecule has 1 fully saturated rings. The van der Waals surface area contributed by atoms with E-state index in [1.807, 2.05) is 10.9 Å². The molecule has 1 aliphatic rings. The zero-order valence-corrected chi connectivity index (χ0v) is 11.9. The van der Waals surface area contributed by atoms with Crippen LogP contribution in [0.3, 0.4) is 0 Å². The van der Waals surface area contributed by atoms with Gasteiger partial charge in [0, 0.05) is 11.1 Å². The molecule has 0 aliphatic heterocycles. The minimum Gasteiger partial charge on any atom is -0.298 e. The van der Waals surface area contributed by atoms with E-state index in [4.69, 9.17) is 0 Å². The quantitative estimate of drug-likeness (QED) is 0.787. The van der Waals surface area contributed by atoms with Gasteiger partial charge in [0.1, 0.15) is 5.69 Å². The van der Waals surface area contributed by atoms with E-state index < -0.39 is 0 Å². The normalized spacial score (nSPS) is 16.1. The topological polar surface area (TPSA) is 34.9 Å². The van der Waals surface area contributed by atoms with Crippen LogP contribution in [0.15, 0.2) is 18.3 Å². The first-order valence-electron chi connectivity index (χ1n) is 6.95. The smallest absolute Gasteiger partial charge is 0.153 e. The minimum absolute atomic E-state index is 0.484. The standard InChI is InChI=1S/C15H18N2OS/c1-2-13-7-8-14(19-13)15-11(10-18)9-17(16-15)12-5-3-4-6-12/h7-10,12H,2-6H2,1H3. The number of hydrogen-bond donors (Lipinski definition) is 0. The average Bonchev–Trinajstić information content (AvgIpc) is 3.16. The first kappa shape index (κ1) is 12.6. The van der Waals surface area contributed by atoms with E-state index in [2.05, 4.69) is 24.2 Å². The van der Waals surface area contributed by atoms with Gasteiger partial charge in [-0.15, -0.1) is 11.3 Å². The van der Waals surface area contributed by atoms with E-state index in [1.54, 1.807) is 11.3 Å². The first-order chi connectivity index (χ1) is 9.31. The summed E-state index contributed by atoms with van der Waals surface area (Å²) in [5.74, 6) is 0. The predicted molar refractivity (Wildman–Crippen MR) is 77.8 cm³/mol. The summed E-state index contributed by atoms with van der Waals surface area (Å²) in [5.41, 5.74) is 1.57. The van der Waals surface area contributed by atoms with Crippen LogP contribution in [0, 0.1) is 0 Å². The molecule has 2 aromatic heterocycles. The van der Waals surface area contributed by atoms with Crippen LogP contribution in [0.4, 0.5) is 0 Å². The van der Waals surface area contributed by atoms with Gasteiger partial charge in [0.25, 0.3) is 0 Å². The summed E-state index contributed by atoms with van der Waals surface area (Å²) >= 11 is 1.74. The summed E-state index contributed by atoms with van der Waals surface area (Å²) in [6.45, 7) is 2.15. The highest BCUT2D eigenvalue weighted by Gasteiger charge is 2.20. The molecule has 3 rings (SSSR count). The largest absolute Gasteiger partial charge is 0.298 e. The molecule has 0 bridgehead atoms. The van der Waals surface area contributed by atoms with E-state index in [-0.39, 0.29) is 0 Å². The van der Waals surface area contributed by atoms with Gasteiger partial charge < -0.3 is 0 Å². The Labute approximate surface area is 117 Å². The Hall–Kier alpha value is -1.42. The molecule has 1 aliphatic carbocycles. The molecule has 1 saturated carbocycles. The number of aldehydes is 1. The molecule has 4 heteroatoms. The summed E-state index contributed by atoms with van der Waals surface area (Å²) in [6, 6.07) is 4.69. The Morgan fingerprint density at radius 2 is 2.21 bits per heavy atom. The molecule has 100 valence electrons. The minimum atomic E-state index is 0.484. The average molecular weight is 274 g/mol. The van der Waals surface area contributed by atoms with E-state index >= 15 is 0 Å². The van der Waals surface area contributed by atoms with Crippen molar-refractivity contribution in [2.45, 2.75) is 45.1 Å². The van der Waals surface area contributed by atoms with Gasteiger partial charge in [0.15, 0.2) is 6.29 Å². The lowest BCUT2D eigenvalue weighted by Crippen LogP contribution is -2.04. The summed E-state index contributed by atoms with van der Waals surface area (Å²) in [6.07, 6.45) is 8.80. The van der Waals surface area contributed by atoms with Gasteiger partial charge in [-0.25, -0.2) is 0 Å². The molecule has 2 aromatic rings. The Balaban J connectivity index is 1.97. The van der Waals surface area contributed by atoms with E-state index in [0.29, 0.717) is 6.04 Å². The molecular weight excluding hydrogens is 256 g/mol. The van der Waals surface area contributed by atoms with Crippen molar-refractivity contribution < 1.29 is 4.79 Å². The zero-order valence-electron chi connectivity index (χ0n) is 11.1. The second-order valence-corrected chi connectivity index (χ2v) is 6.26. The Morgan fingerprint density at radius 3 is 2.84 bits per heavy atom. The van der Waals surface area contributed by atoms with E-state index in [1.165, 1.54) is 30.6 Å². The highest BCUT2D eigenvalue weighted by Crippen LogP contribution is 2.33. The van der Waals surface area contributed by atoms with Crippen LogP contribution in [0.25, 0.3) is 10.6 Å². The second-order valence-electron chi connectivity index (χ2n) is 5.09. The lowest BCUT2D eigenvalue weighted by atomic mass is 10.2. The molecular formula is C15H18N2OS. The van der Waals surface area contributed by atoms with Crippen molar-refractivity contribution in [2.75, 3.05) is 0 Å². The lowest BCUT2D eigenvalue weighted by Gasteiger charge is -2.08. The first-order valence-corrected chi connectivity index (χ1v) is 7.77. The van der Waals surface area contributed by atoms with Gasteiger partial charge in [-0.2, -0.15) is 5.10 Å². The number of carbonyl (C=O) groups excluding carboxylic acids is 1. The molecule has 0 aromatic carbocycles. The number of aromatic nitrogens is 2. The van der Waals surface area contributed by atoms with Crippen LogP contribution >= 0.6 is 11.3 Å². The lowest BCUT2D eigenvalue weighted by molar-refractivity contribution is 0.112. The SMILES string of the molecule is CCc1ccc(-c2nn(C3CCCC3)cc2C=O)s1. The summed E-state index contributed by atoms with van der Waals surface area (Å²) < 4.78 is 2.01. The van der Waals surface area contributed by atoms with E-state index in [9.17, 15) is 4.79 Å². The molecule has 0 amide bonds. The third kappa shape index (κ3) is 2.37. The van der Waals surface area contributed by atoms with Gasteiger partial charge in [-0.3, -0.25) is 9.48 Å². The van der Waals surface area contributed by atoms with Crippen molar-refractivity contribution in [3.63, 3.8) is 0 Å². The summed E-state index contributed by atoms with van der Waals surface area (Å²) in [4.78, 5) is 13.7. The second kappa shape index (κ2) is 5.29. The number of carbonyl (C=O) groups is 1.